The van der Waals surface area contributed by atoms with Crippen LogP contribution in [-0.2, 0) is 19.6 Å². The van der Waals surface area contributed by atoms with Crippen LogP contribution in [0.15, 0.2) is 29.2 Å². The zero-order valence-electron chi connectivity index (χ0n) is 17.6. The third-order valence-electron chi connectivity index (χ3n) is 4.93. The van der Waals surface area contributed by atoms with Crippen molar-refractivity contribution in [3.05, 3.63) is 29.8 Å². The lowest BCUT2D eigenvalue weighted by Crippen LogP contribution is -2.42. The number of hydrogen-bond acceptors (Lipinski definition) is 5. The molecule has 1 heterocycles. The Balaban J connectivity index is 2.03. The average molecular weight is 426 g/mol. The summed E-state index contributed by atoms with van der Waals surface area (Å²) in [7, 11) is -0.523. The first-order chi connectivity index (χ1) is 13.6. The highest BCUT2D eigenvalue weighted by atomic mass is 32.2. The highest BCUT2D eigenvalue weighted by Gasteiger charge is 2.31. The van der Waals surface area contributed by atoms with E-state index in [1.165, 1.54) is 47.6 Å². The SMILES string of the molecule is COCCNC(=O)CN(C)C(=O)c1ccc(S(=O)(=O)N2C[C@@H](C)C[C@H](C)C2)cc1. The summed E-state index contributed by atoms with van der Waals surface area (Å²) in [5.41, 5.74) is 0.330. The molecule has 9 heteroatoms. The fourth-order valence-electron chi connectivity index (χ4n) is 3.58. The second-order valence-electron chi connectivity index (χ2n) is 7.80. The molecule has 8 nitrogen and oxygen atoms in total. The Hall–Kier alpha value is -1.97. The van der Waals surface area contributed by atoms with Gasteiger partial charge in [0.15, 0.2) is 0 Å². The van der Waals surface area contributed by atoms with Crippen molar-refractivity contribution in [3.8, 4) is 0 Å². The van der Waals surface area contributed by atoms with Crippen LogP contribution in [0, 0.1) is 11.8 Å². The number of benzene rings is 1. The van der Waals surface area contributed by atoms with Crippen LogP contribution >= 0.6 is 0 Å². The van der Waals surface area contributed by atoms with Gasteiger partial charge < -0.3 is 15.0 Å². The lowest BCUT2D eigenvalue weighted by atomic mass is 9.94. The summed E-state index contributed by atoms with van der Waals surface area (Å²) in [6, 6.07) is 5.90. The Kier molecular flexibility index (Phi) is 8.18. The standard InChI is InChI=1S/C20H31N3O5S/c1-15-11-16(2)13-23(12-15)29(26,27)18-7-5-17(6-8-18)20(25)22(3)14-19(24)21-9-10-28-4/h5-8,15-16H,9-14H2,1-4H3,(H,21,24)/t15-,16-/m0/s1. The molecule has 2 rings (SSSR count). The molecule has 2 amide bonds. The predicted octanol–water partition coefficient (Wildman–Crippen LogP) is 1.19. The number of methoxy groups -OCH3 is 1. The van der Waals surface area contributed by atoms with E-state index in [0.29, 0.717) is 43.6 Å². The van der Waals surface area contributed by atoms with Gasteiger partial charge in [0.25, 0.3) is 5.91 Å². The minimum absolute atomic E-state index is 0.0911. The molecule has 2 atom stereocenters. The fraction of sp³-hybridized carbons (Fsp3) is 0.600. The van der Waals surface area contributed by atoms with Crippen LogP contribution < -0.4 is 5.32 Å². The smallest absolute Gasteiger partial charge is 0.254 e. The van der Waals surface area contributed by atoms with E-state index in [9.17, 15) is 18.0 Å². The lowest BCUT2D eigenvalue weighted by molar-refractivity contribution is -0.121. The van der Waals surface area contributed by atoms with Crippen molar-refractivity contribution in [2.45, 2.75) is 25.2 Å². The quantitative estimate of drug-likeness (QED) is 0.631. The maximum absolute atomic E-state index is 12.9. The molecule has 1 aromatic carbocycles. The number of nitrogens with one attached hydrogen (secondary N) is 1. The Labute approximate surface area is 173 Å². The van der Waals surface area contributed by atoms with Gasteiger partial charge in [-0.15, -0.1) is 0 Å². The van der Waals surface area contributed by atoms with E-state index in [4.69, 9.17) is 4.74 Å². The van der Waals surface area contributed by atoms with Crippen LogP contribution in [0.4, 0.5) is 0 Å². The number of carbonyl (C=O) groups excluding carboxylic acids is 2. The van der Waals surface area contributed by atoms with Crippen molar-refractivity contribution in [1.29, 1.82) is 0 Å². The zero-order valence-corrected chi connectivity index (χ0v) is 18.4. The van der Waals surface area contributed by atoms with Crippen molar-refractivity contribution in [2.24, 2.45) is 11.8 Å². The fourth-order valence-corrected chi connectivity index (χ4v) is 5.26. The van der Waals surface area contributed by atoms with E-state index in [-0.39, 0.29) is 23.3 Å². The van der Waals surface area contributed by atoms with Gasteiger partial charge in [-0.3, -0.25) is 9.59 Å². The van der Waals surface area contributed by atoms with Gasteiger partial charge in [0, 0.05) is 39.4 Å². The molecule has 1 aliphatic rings. The van der Waals surface area contributed by atoms with E-state index >= 15 is 0 Å². The molecule has 1 N–H and O–H groups in total. The van der Waals surface area contributed by atoms with Crippen LogP contribution in [-0.4, -0.2) is 76.4 Å². The van der Waals surface area contributed by atoms with Gasteiger partial charge in [-0.2, -0.15) is 4.31 Å². The van der Waals surface area contributed by atoms with Gasteiger partial charge in [0.2, 0.25) is 15.9 Å². The molecule has 162 valence electrons. The molecule has 0 bridgehead atoms. The molecular weight excluding hydrogens is 394 g/mol. The second-order valence-corrected chi connectivity index (χ2v) is 9.73. The molecule has 1 aliphatic heterocycles. The number of carbonyl (C=O) groups is 2. The van der Waals surface area contributed by atoms with E-state index < -0.39 is 10.0 Å². The van der Waals surface area contributed by atoms with Crippen molar-refractivity contribution in [3.63, 3.8) is 0 Å². The highest BCUT2D eigenvalue weighted by Crippen LogP contribution is 2.26. The zero-order chi connectivity index (χ0) is 21.6. The second kappa shape index (κ2) is 10.2. The minimum atomic E-state index is -3.59. The van der Waals surface area contributed by atoms with Crippen LogP contribution in [0.25, 0.3) is 0 Å². The van der Waals surface area contributed by atoms with Gasteiger partial charge in [-0.25, -0.2) is 8.42 Å². The number of rotatable bonds is 8. The summed E-state index contributed by atoms with van der Waals surface area (Å²) in [6.07, 6.45) is 1.02. The van der Waals surface area contributed by atoms with E-state index in [1.54, 1.807) is 0 Å². The summed E-state index contributed by atoms with van der Waals surface area (Å²) < 4.78 is 32.3. The number of ether oxygens (including phenoxy) is 1. The van der Waals surface area contributed by atoms with Crippen molar-refractivity contribution in [2.75, 3.05) is 46.9 Å². The highest BCUT2D eigenvalue weighted by molar-refractivity contribution is 7.89. The van der Waals surface area contributed by atoms with Crippen LogP contribution in [0.5, 0.6) is 0 Å². The number of nitrogens with zero attached hydrogens (tertiary/aromatic N) is 2. The van der Waals surface area contributed by atoms with Crippen molar-refractivity contribution in [1.82, 2.24) is 14.5 Å². The monoisotopic (exact) mass is 425 g/mol. The molecule has 0 unspecified atom stereocenters. The molecule has 1 fully saturated rings. The molecular formula is C20H31N3O5S. The van der Waals surface area contributed by atoms with Crippen molar-refractivity contribution >= 4 is 21.8 Å². The Morgan fingerprint density at radius 3 is 2.31 bits per heavy atom. The minimum Gasteiger partial charge on any atom is -0.383 e. The van der Waals surface area contributed by atoms with Crippen LogP contribution in [0.3, 0.4) is 0 Å². The summed E-state index contributed by atoms with van der Waals surface area (Å²) in [5.74, 6) is -0.00221. The normalized spacial score (nSPS) is 20.3. The van der Waals surface area contributed by atoms with E-state index in [2.05, 4.69) is 19.2 Å². The number of amides is 2. The van der Waals surface area contributed by atoms with Crippen LogP contribution in [0.2, 0.25) is 0 Å². The summed E-state index contributed by atoms with van der Waals surface area (Å²) in [4.78, 5) is 25.8. The Bertz CT molecular complexity index is 800. The predicted molar refractivity (Wildman–Crippen MR) is 110 cm³/mol. The molecule has 0 aromatic heterocycles. The first kappa shape index (κ1) is 23.3. The molecule has 0 saturated carbocycles. The van der Waals surface area contributed by atoms with Crippen LogP contribution in [0.1, 0.15) is 30.6 Å². The number of sulfonamides is 1. The molecule has 0 radical (unpaired) electrons. The lowest BCUT2D eigenvalue weighted by Gasteiger charge is -2.34. The first-order valence-corrected chi connectivity index (χ1v) is 11.2. The summed E-state index contributed by atoms with van der Waals surface area (Å²) in [5, 5.41) is 2.65. The summed E-state index contributed by atoms with van der Waals surface area (Å²) >= 11 is 0. The van der Waals surface area contributed by atoms with Gasteiger partial charge in [0.1, 0.15) is 0 Å². The molecule has 0 aliphatic carbocycles. The molecule has 1 aromatic rings. The average Bonchev–Trinajstić information content (AvgIpc) is 2.67. The molecule has 1 saturated heterocycles. The molecule has 0 spiro atoms. The van der Waals surface area contributed by atoms with Gasteiger partial charge >= 0.3 is 0 Å². The van der Waals surface area contributed by atoms with Gasteiger partial charge in [0.05, 0.1) is 18.0 Å². The first-order valence-electron chi connectivity index (χ1n) is 9.76. The van der Waals surface area contributed by atoms with E-state index in [0.717, 1.165) is 6.42 Å². The van der Waals surface area contributed by atoms with Gasteiger partial charge in [-0.1, -0.05) is 13.8 Å². The number of piperidine rings is 1. The number of likely N-dealkylation sites (N-methyl/N-ethyl adjacent to an activating group) is 1. The largest absolute Gasteiger partial charge is 0.383 e. The van der Waals surface area contributed by atoms with Crippen molar-refractivity contribution < 1.29 is 22.7 Å². The Morgan fingerprint density at radius 1 is 1.17 bits per heavy atom. The number of hydrogen-bond donors (Lipinski definition) is 1. The van der Waals surface area contributed by atoms with E-state index in [1.807, 2.05) is 0 Å². The van der Waals surface area contributed by atoms with Gasteiger partial charge in [-0.05, 0) is 42.5 Å². The third-order valence-corrected chi connectivity index (χ3v) is 6.78. The topological polar surface area (TPSA) is 96.0 Å². The summed E-state index contributed by atoms with van der Waals surface area (Å²) in [6.45, 7) is 5.81. The molecule has 29 heavy (non-hydrogen) atoms. The third kappa shape index (κ3) is 6.25. The Morgan fingerprint density at radius 2 is 1.76 bits per heavy atom. The maximum atomic E-state index is 12.9. The maximum Gasteiger partial charge on any atom is 0.254 e.